The summed E-state index contributed by atoms with van der Waals surface area (Å²) in [7, 11) is 3.14. The van der Waals surface area contributed by atoms with Gasteiger partial charge in [0.1, 0.15) is 10.4 Å². The van der Waals surface area contributed by atoms with Crippen molar-refractivity contribution in [1.29, 1.82) is 0 Å². The van der Waals surface area contributed by atoms with Crippen LogP contribution in [0.15, 0.2) is 10.6 Å². The van der Waals surface area contributed by atoms with Gasteiger partial charge in [-0.3, -0.25) is 14.8 Å². The highest BCUT2D eigenvalue weighted by atomic mass is 32.1. The van der Waals surface area contributed by atoms with Crippen LogP contribution in [-0.2, 0) is 7.05 Å². The molecular formula is C13H14N6O3S. The van der Waals surface area contributed by atoms with Crippen molar-refractivity contribution in [3.63, 3.8) is 0 Å². The quantitative estimate of drug-likeness (QED) is 0.775. The molecule has 120 valence electrons. The summed E-state index contributed by atoms with van der Waals surface area (Å²) in [5, 5.41) is 15.2. The van der Waals surface area contributed by atoms with E-state index in [0.29, 0.717) is 5.89 Å². The molecule has 3 aromatic heterocycles. The van der Waals surface area contributed by atoms with Crippen molar-refractivity contribution in [2.75, 3.05) is 12.4 Å². The summed E-state index contributed by atoms with van der Waals surface area (Å²) in [6.07, 6.45) is 1.54. The molecule has 1 amide bonds. The van der Waals surface area contributed by atoms with Crippen molar-refractivity contribution in [2.45, 2.75) is 13.8 Å². The Morgan fingerprint density at radius 2 is 2.17 bits per heavy atom. The molecule has 0 saturated heterocycles. The summed E-state index contributed by atoms with van der Waals surface area (Å²) in [5.41, 5.74) is 1.09. The molecule has 9 nitrogen and oxygen atoms in total. The zero-order valence-corrected chi connectivity index (χ0v) is 13.8. The van der Waals surface area contributed by atoms with E-state index in [-0.39, 0.29) is 17.5 Å². The normalized spacial score (nSPS) is 10.8. The molecule has 1 N–H and O–H groups in total. The third-order valence-corrected chi connectivity index (χ3v) is 4.04. The van der Waals surface area contributed by atoms with E-state index < -0.39 is 5.91 Å². The van der Waals surface area contributed by atoms with Crippen LogP contribution >= 0.6 is 11.3 Å². The van der Waals surface area contributed by atoms with Crippen molar-refractivity contribution < 1.29 is 13.9 Å². The van der Waals surface area contributed by atoms with Crippen molar-refractivity contribution in [1.82, 2.24) is 25.0 Å². The maximum Gasteiger partial charge on any atom is 0.322 e. The number of rotatable bonds is 4. The summed E-state index contributed by atoms with van der Waals surface area (Å²) in [5.74, 6) is 0.0996. The Morgan fingerprint density at radius 1 is 1.39 bits per heavy atom. The molecule has 3 aromatic rings. The number of carbonyl (C=O) groups excluding carboxylic acids is 1. The molecule has 0 radical (unpaired) electrons. The largest absolute Gasteiger partial charge is 0.479 e. The summed E-state index contributed by atoms with van der Waals surface area (Å²) < 4.78 is 12.0. The molecule has 0 atom stereocenters. The minimum Gasteiger partial charge on any atom is -0.479 e. The second-order valence-corrected chi connectivity index (χ2v) is 5.94. The number of ether oxygens (including phenoxy) is 1. The van der Waals surface area contributed by atoms with Gasteiger partial charge >= 0.3 is 6.01 Å². The van der Waals surface area contributed by atoms with Crippen molar-refractivity contribution >= 4 is 23.3 Å². The highest BCUT2D eigenvalue weighted by Crippen LogP contribution is 2.29. The predicted octanol–water partition coefficient (Wildman–Crippen LogP) is 1.80. The van der Waals surface area contributed by atoms with Gasteiger partial charge in [-0.1, -0.05) is 5.10 Å². The molecule has 0 unspecified atom stereocenters. The summed E-state index contributed by atoms with van der Waals surface area (Å²) in [6.45, 7) is 3.76. The van der Waals surface area contributed by atoms with Gasteiger partial charge in [0.2, 0.25) is 5.88 Å². The number of aryl methyl sites for hydroxylation is 3. The van der Waals surface area contributed by atoms with E-state index in [1.165, 1.54) is 23.1 Å². The Labute approximate surface area is 135 Å². The fourth-order valence-electron chi connectivity index (χ4n) is 2.03. The molecule has 3 rings (SSSR count). The van der Waals surface area contributed by atoms with E-state index in [9.17, 15) is 4.79 Å². The van der Waals surface area contributed by atoms with Gasteiger partial charge in [-0.25, -0.2) is 4.98 Å². The van der Waals surface area contributed by atoms with Gasteiger partial charge in [-0.2, -0.15) is 0 Å². The molecule has 0 bridgehead atoms. The molecular weight excluding hydrogens is 320 g/mol. The fourth-order valence-corrected chi connectivity index (χ4v) is 2.88. The molecule has 0 aromatic carbocycles. The lowest BCUT2D eigenvalue weighted by molar-refractivity contribution is 0.102. The second kappa shape index (κ2) is 5.80. The zero-order chi connectivity index (χ0) is 16.6. The predicted molar refractivity (Wildman–Crippen MR) is 82.6 cm³/mol. The van der Waals surface area contributed by atoms with Crippen LogP contribution in [0.4, 0.5) is 6.01 Å². The Hall–Kier alpha value is -2.75. The molecule has 3 heterocycles. The first-order chi connectivity index (χ1) is 11.0. The van der Waals surface area contributed by atoms with E-state index >= 15 is 0 Å². The third kappa shape index (κ3) is 2.93. The lowest BCUT2D eigenvalue weighted by Crippen LogP contribution is -2.12. The third-order valence-electron chi connectivity index (χ3n) is 2.98. The van der Waals surface area contributed by atoms with Gasteiger partial charge in [0, 0.05) is 13.2 Å². The number of thiazole rings is 1. The van der Waals surface area contributed by atoms with E-state index in [1.807, 2.05) is 13.8 Å². The van der Waals surface area contributed by atoms with Crippen LogP contribution in [0.25, 0.3) is 10.8 Å². The minimum absolute atomic E-state index is 0.00126. The van der Waals surface area contributed by atoms with Gasteiger partial charge in [0.25, 0.3) is 11.8 Å². The number of anilines is 1. The highest BCUT2D eigenvalue weighted by molar-refractivity contribution is 7.15. The van der Waals surface area contributed by atoms with E-state index in [0.717, 1.165) is 15.6 Å². The molecule has 10 heteroatoms. The standard InChI is InChI=1S/C13H14N6O3S/c1-6-9(23-7(2)14-6)12-16-17-13(22-12)15-10(20)8-5-19(3)18-11(8)21-4/h5H,1-4H3,(H,15,17,20). The summed E-state index contributed by atoms with van der Waals surface area (Å²) in [4.78, 5) is 17.3. The maximum absolute atomic E-state index is 12.2. The fraction of sp³-hybridized carbons (Fsp3) is 0.308. The average molecular weight is 334 g/mol. The van der Waals surface area contributed by atoms with Crippen LogP contribution < -0.4 is 10.1 Å². The van der Waals surface area contributed by atoms with Gasteiger partial charge < -0.3 is 9.15 Å². The maximum atomic E-state index is 12.2. The van der Waals surface area contributed by atoms with Crippen LogP contribution in [-0.4, -0.2) is 38.0 Å². The van der Waals surface area contributed by atoms with Crippen LogP contribution in [0, 0.1) is 13.8 Å². The molecule has 0 spiro atoms. The topological polar surface area (TPSA) is 108 Å². The number of amides is 1. The molecule has 0 aliphatic heterocycles. The Morgan fingerprint density at radius 3 is 2.83 bits per heavy atom. The van der Waals surface area contributed by atoms with Crippen molar-refractivity contribution in [2.24, 2.45) is 7.05 Å². The minimum atomic E-state index is -0.442. The SMILES string of the molecule is COc1nn(C)cc1C(=O)Nc1nnc(-c2sc(C)nc2C)o1. The lowest BCUT2D eigenvalue weighted by Gasteiger charge is -1.99. The summed E-state index contributed by atoms with van der Waals surface area (Å²) >= 11 is 1.45. The smallest absolute Gasteiger partial charge is 0.322 e. The Kier molecular flexibility index (Phi) is 3.82. The van der Waals surface area contributed by atoms with E-state index in [1.54, 1.807) is 13.2 Å². The van der Waals surface area contributed by atoms with E-state index in [4.69, 9.17) is 9.15 Å². The molecule has 0 saturated carbocycles. The van der Waals surface area contributed by atoms with Crippen LogP contribution in [0.1, 0.15) is 21.1 Å². The number of nitrogens with one attached hydrogen (secondary N) is 1. The summed E-state index contributed by atoms with van der Waals surface area (Å²) in [6, 6.07) is 0.00126. The number of nitrogens with zero attached hydrogens (tertiary/aromatic N) is 5. The molecule has 23 heavy (non-hydrogen) atoms. The second-order valence-electron chi connectivity index (χ2n) is 4.74. The van der Waals surface area contributed by atoms with Crippen molar-refractivity contribution in [3.05, 3.63) is 22.5 Å². The first kappa shape index (κ1) is 15.2. The van der Waals surface area contributed by atoms with Gasteiger partial charge in [-0.15, -0.1) is 21.5 Å². The first-order valence-corrected chi connectivity index (χ1v) is 7.46. The van der Waals surface area contributed by atoms with Crippen molar-refractivity contribution in [3.8, 4) is 16.6 Å². The van der Waals surface area contributed by atoms with Crippen LogP contribution in [0.3, 0.4) is 0 Å². The first-order valence-electron chi connectivity index (χ1n) is 6.65. The van der Waals surface area contributed by atoms with E-state index in [2.05, 4.69) is 25.6 Å². The number of aromatic nitrogens is 5. The highest BCUT2D eigenvalue weighted by Gasteiger charge is 2.20. The van der Waals surface area contributed by atoms with Gasteiger partial charge in [0.05, 0.1) is 17.8 Å². The van der Waals surface area contributed by atoms with Gasteiger partial charge in [-0.05, 0) is 13.8 Å². The molecule has 0 aliphatic carbocycles. The number of carbonyl (C=O) groups is 1. The number of hydrogen-bond acceptors (Lipinski definition) is 8. The Balaban J connectivity index is 1.81. The lowest BCUT2D eigenvalue weighted by atomic mass is 10.3. The average Bonchev–Trinajstić information content (AvgIpc) is 3.18. The zero-order valence-electron chi connectivity index (χ0n) is 12.9. The van der Waals surface area contributed by atoms with Crippen LogP contribution in [0.2, 0.25) is 0 Å². The number of hydrogen-bond donors (Lipinski definition) is 1. The molecule has 0 aliphatic rings. The Bertz CT molecular complexity index is 865. The molecule has 0 fully saturated rings. The van der Waals surface area contributed by atoms with Crippen LogP contribution in [0.5, 0.6) is 5.88 Å². The monoisotopic (exact) mass is 334 g/mol. The van der Waals surface area contributed by atoms with Gasteiger partial charge in [0.15, 0.2) is 0 Å². The number of methoxy groups -OCH3 is 1.